The molecule has 33 heavy (non-hydrogen) atoms. The Bertz CT molecular complexity index is 499. The summed E-state index contributed by atoms with van der Waals surface area (Å²) in [7, 11) is 0. The molecule has 0 unspecified atom stereocenters. The van der Waals surface area contributed by atoms with Crippen molar-refractivity contribution >= 4 is 5.97 Å². The van der Waals surface area contributed by atoms with Crippen LogP contribution in [0.15, 0.2) is 5.11 Å². The Kier molecular flexibility index (Phi) is 22.6. The second-order valence-corrected chi connectivity index (χ2v) is 7.72. The fourth-order valence-electron chi connectivity index (χ4n) is 2.20. The highest BCUT2D eigenvalue weighted by molar-refractivity contribution is 5.69. The number of carbonyl (C=O) groups excluding carboxylic acids is 1. The molecule has 0 bridgehead atoms. The van der Waals surface area contributed by atoms with Crippen LogP contribution in [0.5, 0.6) is 0 Å². The van der Waals surface area contributed by atoms with Crippen LogP contribution in [0.25, 0.3) is 10.4 Å². The summed E-state index contributed by atoms with van der Waals surface area (Å²) in [5.41, 5.74) is 7.64. The van der Waals surface area contributed by atoms with Gasteiger partial charge in [0.1, 0.15) is 5.60 Å². The predicted molar refractivity (Wildman–Crippen MR) is 122 cm³/mol. The first-order valence-electron chi connectivity index (χ1n) is 11.4. The van der Waals surface area contributed by atoms with Gasteiger partial charge in [0.2, 0.25) is 0 Å². The average molecular weight is 479 g/mol. The molecule has 0 spiro atoms. The Morgan fingerprint density at radius 2 is 1.15 bits per heavy atom. The molecule has 0 aliphatic rings. The van der Waals surface area contributed by atoms with E-state index in [-0.39, 0.29) is 12.4 Å². The van der Waals surface area contributed by atoms with Gasteiger partial charge in [-0.05, 0) is 26.3 Å². The lowest BCUT2D eigenvalue weighted by Crippen LogP contribution is -2.25. The number of nitrogens with zero attached hydrogens (tertiary/aromatic N) is 3. The largest absolute Gasteiger partial charge is 0.460 e. The first kappa shape index (κ1) is 31.5. The standard InChI is InChI=1S/C21H42N4O8/c1-21(2,3)33-20(26)4-8-27-12-16-31-18-19-32-17-15-29-10-6-23-5-9-28-13-14-30-11-7-24-25-22/h23H,4-19H2,1-3H3. The topological polar surface area (TPSA) is 142 Å². The summed E-state index contributed by atoms with van der Waals surface area (Å²) < 4.78 is 37.4. The summed E-state index contributed by atoms with van der Waals surface area (Å²) in [5, 5.41) is 6.58. The van der Waals surface area contributed by atoms with Crippen molar-refractivity contribution < 1.29 is 38.0 Å². The smallest absolute Gasteiger partial charge is 0.308 e. The fraction of sp³-hybridized carbons (Fsp3) is 0.952. The van der Waals surface area contributed by atoms with E-state index >= 15 is 0 Å². The highest BCUT2D eigenvalue weighted by Gasteiger charge is 2.15. The van der Waals surface area contributed by atoms with Crippen LogP contribution in [0.2, 0.25) is 0 Å². The minimum Gasteiger partial charge on any atom is -0.460 e. The molecule has 0 atom stereocenters. The minimum absolute atomic E-state index is 0.237. The molecule has 0 aromatic rings. The van der Waals surface area contributed by atoms with Crippen LogP contribution in [-0.4, -0.2) is 110 Å². The first-order valence-corrected chi connectivity index (χ1v) is 11.4. The van der Waals surface area contributed by atoms with E-state index in [1.54, 1.807) is 0 Å². The van der Waals surface area contributed by atoms with E-state index in [1.807, 2.05) is 20.8 Å². The maximum Gasteiger partial charge on any atom is 0.308 e. The lowest BCUT2D eigenvalue weighted by Gasteiger charge is -2.19. The van der Waals surface area contributed by atoms with Gasteiger partial charge in [-0.25, -0.2) is 0 Å². The van der Waals surface area contributed by atoms with E-state index < -0.39 is 5.60 Å². The molecule has 1 N–H and O–H groups in total. The van der Waals surface area contributed by atoms with Gasteiger partial charge in [0.05, 0.1) is 85.7 Å². The number of hydrogen-bond acceptors (Lipinski definition) is 10. The Labute approximate surface area is 197 Å². The number of esters is 1. The zero-order chi connectivity index (χ0) is 24.5. The molecule has 0 aromatic heterocycles. The maximum absolute atomic E-state index is 11.5. The zero-order valence-corrected chi connectivity index (χ0v) is 20.4. The predicted octanol–water partition coefficient (Wildman–Crippen LogP) is 1.72. The first-order chi connectivity index (χ1) is 16.0. The van der Waals surface area contributed by atoms with Gasteiger partial charge in [0.25, 0.3) is 0 Å². The van der Waals surface area contributed by atoms with Crippen molar-refractivity contribution in [1.29, 1.82) is 0 Å². The minimum atomic E-state index is -0.467. The van der Waals surface area contributed by atoms with Gasteiger partial charge in [-0.3, -0.25) is 4.79 Å². The van der Waals surface area contributed by atoms with E-state index in [2.05, 4.69) is 15.3 Å². The molecule has 12 heteroatoms. The fourth-order valence-corrected chi connectivity index (χ4v) is 2.20. The number of nitrogens with one attached hydrogen (secondary N) is 1. The molecular formula is C21H42N4O8. The molecule has 0 saturated carbocycles. The average Bonchev–Trinajstić information content (AvgIpc) is 2.75. The second-order valence-electron chi connectivity index (χ2n) is 7.72. The van der Waals surface area contributed by atoms with Crippen molar-refractivity contribution in [2.75, 3.05) is 98.9 Å². The van der Waals surface area contributed by atoms with Gasteiger partial charge in [-0.15, -0.1) is 0 Å². The maximum atomic E-state index is 11.5. The van der Waals surface area contributed by atoms with Gasteiger partial charge in [-0.2, -0.15) is 0 Å². The number of ether oxygens (including phenoxy) is 7. The van der Waals surface area contributed by atoms with Gasteiger partial charge in [0.15, 0.2) is 0 Å². The quantitative estimate of drug-likeness (QED) is 0.0721. The van der Waals surface area contributed by atoms with Crippen LogP contribution < -0.4 is 5.32 Å². The number of rotatable bonds is 24. The molecule has 0 radical (unpaired) electrons. The van der Waals surface area contributed by atoms with Crippen molar-refractivity contribution in [2.24, 2.45) is 5.11 Å². The second kappa shape index (κ2) is 23.7. The van der Waals surface area contributed by atoms with Crippen LogP contribution >= 0.6 is 0 Å². The summed E-state index contributed by atoms with van der Waals surface area (Å²) in [5.74, 6) is -0.262. The monoisotopic (exact) mass is 478 g/mol. The highest BCUT2D eigenvalue weighted by atomic mass is 16.6. The van der Waals surface area contributed by atoms with Crippen molar-refractivity contribution in [3.8, 4) is 0 Å². The van der Waals surface area contributed by atoms with Crippen molar-refractivity contribution in [1.82, 2.24) is 5.32 Å². The van der Waals surface area contributed by atoms with Gasteiger partial charge in [0, 0.05) is 24.5 Å². The lowest BCUT2D eigenvalue weighted by molar-refractivity contribution is -0.156. The summed E-state index contributed by atoms with van der Waals surface area (Å²) in [6, 6.07) is 0. The molecule has 0 aromatic carbocycles. The normalized spacial score (nSPS) is 11.4. The van der Waals surface area contributed by atoms with Crippen molar-refractivity contribution in [3.05, 3.63) is 10.4 Å². The van der Waals surface area contributed by atoms with Crippen LogP contribution in [0.1, 0.15) is 27.2 Å². The van der Waals surface area contributed by atoms with E-state index in [0.717, 1.165) is 13.1 Å². The lowest BCUT2D eigenvalue weighted by atomic mass is 10.2. The van der Waals surface area contributed by atoms with Crippen LogP contribution in [0.3, 0.4) is 0 Å². The molecule has 0 amide bonds. The van der Waals surface area contributed by atoms with Crippen LogP contribution in [0.4, 0.5) is 0 Å². The van der Waals surface area contributed by atoms with Gasteiger partial charge >= 0.3 is 5.97 Å². The van der Waals surface area contributed by atoms with Gasteiger partial charge in [-0.1, -0.05) is 5.11 Å². The molecule has 0 saturated heterocycles. The Morgan fingerprint density at radius 1 is 0.727 bits per heavy atom. The van der Waals surface area contributed by atoms with Crippen molar-refractivity contribution in [2.45, 2.75) is 32.8 Å². The molecule has 0 rings (SSSR count). The third-order valence-corrected chi connectivity index (χ3v) is 3.60. The molecule has 0 aliphatic carbocycles. The van der Waals surface area contributed by atoms with E-state index in [4.69, 9.17) is 38.7 Å². The molecule has 12 nitrogen and oxygen atoms in total. The molecule has 0 fully saturated rings. The third-order valence-electron chi connectivity index (χ3n) is 3.60. The number of hydrogen-bond donors (Lipinski definition) is 1. The highest BCUT2D eigenvalue weighted by Crippen LogP contribution is 2.07. The SMILES string of the molecule is CC(C)(C)OC(=O)CCOCCOCCOCCOCCNCCOCCOCCN=[N+]=[N-]. The van der Waals surface area contributed by atoms with Gasteiger partial charge < -0.3 is 38.5 Å². The summed E-state index contributed by atoms with van der Waals surface area (Å²) in [4.78, 5) is 14.1. The molecular weight excluding hydrogens is 436 g/mol. The van der Waals surface area contributed by atoms with E-state index in [1.165, 1.54) is 0 Å². The summed E-state index contributed by atoms with van der Waals surface area (Å²) >= 11 is 0. The molecule has 0 aliphatic heterocycles. The summed E-state index contributed by atoms with van der Waals surface area (Å²) in [6.07, 6.45) is 0.237. The Hall–Kier alpha value is -1.50. The third kappa shape index (κ3) is 28.5. The van der Waals surface area contributed by atoms with E-state index in [9.17, 15) is 4.79 Å². The Morgan fingerprint density at radius 3 is 1.61 bits per heavy atom. The number of carbonyl (C=O) groups is 1. The zero-order valence-electron chi connectivity index (χ0n) is 20.4. The summed E-state index contributed by atoms with van der Waals surface area (Å²) in [6.45, 7) is 13.1. The van der Waals surface area contributed by atoms with Crippen molar-refractivity contribution in [3.63, 3.8) is 0 Å². The van der Waals surface area contributed by atoms with Crippen LogP contribution in [0, 0.1) is 0 Å². The molecule has 194 valence electrons. The molecule has 0 heterocycles. The van der Waals surface area contributed by atoms with E-state index in [0.29, 0.717) is 85.8 Å². The van der Waals surface area contributed by atoms with Crippen LogP contribution in [-0.2, 0) is 38.0 Å². The number of azide groups is 1. The Balaban J connectivity index is 3.12.